The van der Waals surface area contributed by atoms with Gasteiger partial charge < -0.3 is 19.2 Å². The number of furan rings is 1. The lowest BCUT2D eigenvalue weighted by Crippen LogP contribution is -2.25. The number of hydrogen-bond acceptors (Lipinski definition) is 5. The highest BCUT2D eigenvalue weighted by Gasteiger charge is 2.16. The van der Waals surface area contributed by atoms with E-state index in [4.69, 9.17) is 4.42 Å². The zero-order valence-electron chi connectivity index (χ0n) is 16.2. The first-order valence-corrected chi connectivity index (χ1v) is 9.44. The smallest absolute Gasteiger partial charge is 0.145 e. The van der Waals surface area contributed by atoms with Crippen molar-refractivity contribution in [1.82, 2.24) is 19.4 Å². The maximum atomic E-state index is 5.41. The number of nitrogens with one attached hydrogen (secondary N) is 1. The molecule has 3 aromatic rings. The van der Waals surface area contributed by atoms with E-state index >= 15 is 0 Å². The van der Waals surface area contributed by atoms with E-state index in [0.717, 1.165) is 55.2 Å². The Morgan fingerprint density at radius 3 is 2.69 bits per heavy atom. The summed E-state index contributed by atoms with van der Waals surface area (Å²) in [5.74, 6) is 1.76. The molecule has 3 heterocycles. The first-order chi connectivity index (χ1) is 12.7. The van der Waals surface area contributed by atoms with E-state index in [9.17, 15) is 0 Å². The Morgan fingerprint density at radius 1 is 1.19 bits per heavy atom. The summed E-state index contributed by atoms with van der Waals surface area (Å²) >= 11 is 0. The molecule has 140 valence electrons. The molecule has 26 heavy (non-hydrogen) atoms. The number of aryl methyl sites for hydroxylation is 2. The Kier molecular flexibility index (Phi) is 5.93. The SMILES string of the molecule is CCN(CC)CCCn1c(C)c(C)c2c(NCc3ccco3)ncnc21. The molecule has 3 rings (SSSR count). The van der Waals surface area contributed by atoms with Crippen LogP contribution in [0.5, 0.6) is 0 Å². The van der Waals surface area contributed by atoms with E-state index in [1.165, 1.54) is 11.3 Å². The van der Waals surface area contributed by atoms with Gasteiger partial charge in [0, 0.05) is 12.2 Å². The van der Waals surface area contributed by atoms with Gasteiger partial charge in [-0.15, -0.1) is 0 Å². The van der Waals surface area contributed by atoms with Gasteiger partial charge in [0.05, 0.1) is 18.2 Å². The minimum Gasteiger partial charge on any atom is -0.467 e. The van der Waals surface area contributed by atoms with Crippen LogP contribution in [-0.2, 0) is 13.1 Å². The summed E-state index contributed by atoms with van der Waals surface area (Å²) in [5.41, 5.74) is 3.52. The fraction of sp³-hybridized carbons (Fsp3) is 0.500. The number of fused-ring (bicyclic) bond motifs is 1. The highest BCUT2D eigenvalue weighted by atomic mass is 16.3. The van der Waals surface area contributed by atoms with Gasteiger partial charge in [-0.25, -0.2) is 9.97 Å². The molecule has 0 aliphatic heterocycles. The topological polar surface area (TPSA) is 59.1 Å². The van der Waals surface area contributed by atoms with E-state index in [0.29, 0.717) is 6.54 Å². The van der Waals surface area contributed by atoms with Crippen LogP contribution >= 0.6 is 0 Å². The molecule has 0 aliphatic rings. The van der Waals surface area contributed by atoms with Crippen LogP contribution in [0.1, 0.15) is 37.3 Å². The second kappa shape index (κ2) is 8.36. The van der Waals surface area contributed by atoms with Crippen molar-refractivity contribution in [2.75, 3.05) is 25.0 Å². The molecule has 0 saturated carbocycles. The summed E-state index contributed by atoms with van der Waals surface area (Å²) in [6.45, 7) is 13.7. The average Bonchev–Trinajstić information content (AvgIpc) is 3.26. The van der Waals surface area contributed by atoms with Crippen LogP contribution in [0.15, 0.2) is 29.1 Å². The predicted molar refractivity (Wildman–Crippen MR) is 105 cm³/mol. The van der Waals surface area contributed by atoms with Crippen LogP contribution in [-0.4, -0.2) is 39.1 Å². The molecule has 0 radical (unpaired) electrons. The largest absolute Gasteiger partial charge is 0.467 e. The van der Waals surface area contributed by atoms with Crippen molar-refractivity contribution in [3.05, 3.63) is 41.7 Å². The quantitative estimate of drug-likeness (QED) is 0.629. The van der Waals surface area contributed by atoms with Gasteiger partial charge in [0.15, 0.2) is 0 Å². The molecule has 3 aromatic heterocycles. The van der Waals surface area contributed by atoms with Crippen LogP contribution < -0.4 is 5.32 Å². The van der Waals surface area contributed by atoms with Crippen molar-refractivity contribution < 1.29 is 4.42 Å². The molecule has 6 heteroatoms. The first-order valence-electron chi connectivity index (χ1n) is 9.44. The molecule has 0 amide bonds. The zero-order valence-corrected chi connectivity index (χ0v) is 16.2. The molecule has 0 atom stereocenters. The Balaban J connectivity index is 1.81. The first kappa shape index (κ1) is 18.5. The van der Waals surface area contributed by atoms with Crippen molar-refractivity contribution >= 4 is 16.9 Å². The van der Waals surface area contributed by atoms with Gasteiger partial charge in [-0.2, -0.15) is 0 Å². The van der Waals surface area contributed by atoms with E-state index in [1.807, 2.05) is 12.1 Å². The summed E-state index contributed by atoms with van der Waals surface area (Å²) in [5, 5.41) is 4.51. The lowest BCUT2D eigenvalue weighted by atomic mass is 10.2. The number of nitrogens with zero attached hydrogens (tertiary/aromatic N) is 4. The molecule has 0 aromatic carbocycles. The third-order valence-electron chi connectivity index (χ3n) is 5.17. The van der Waals surface area contributed by atoms with Gasteiger partial charge >= 0.3 is 0 Å². The fourth-order valence-electron chi connectivity index (χ4n) is 3.45. The van der Waals surface area contributed by atoms with Gasteiger partial charge in [-0.3, -0.25) is 0 Å². The van der Waals surface area contributed by atoms with E-state index in [1.54, 1.807) is 12.6 Å². The number of rotatable bonds is 9. The lowest BCUT2D eigenvalue weighted by molar-refractivity contribution is 0.293. The van der Waals surface area contributed by atoms with E-state index in [2.05, 4.69) is 52.4 Å². The van der Waals surface area contributed by atoms with Gasteiger partial charge in [-0.05, 0) is 57.6 Å². The standard InChI is InChI=1S/C20H29N5O/c1-5-24(6-2)10-8-11-25-16(4)15(3)18-19(22-14-23-20(18)25)21-13-17-9-7-12-26-17/h7,9,12,14H,5-6,8,10-11,13H2,1-4H3,(H,21,22,23). The molecule has 0 fully saturated rings. The molecule has 0 saturated heterocycles. The van der Waals surface area contributed by atoms with Gasteiger partial charge in [-0.1, -0.05) is 13.8 Å². The predicted octanol–water partition coefficient (Wildman–Crippen LogP) is 3.99. The van der Waals surface area contributed by atoms with Crippen molar-refractivity contribution in [3.63, 3.8) is 0 Å². The number of aromatic nitrogens is 3. The van der Waals surface area contributed by atoms with Crippen molar-refractivity contribution in [3.8, 4) is 0 Å². The highest BCUT2D eigenvalue weighted by molar-refractivity contribution is 5.91. The van der Waals surface area contributed by atoms with Crippen molar-refractivity contribution in [2.45, 2.75) is 47.2 Å². The highest BCUT2D eigenvalue weighted by Crippen LogP contribution is 2.29. The maximum absolute atomic E-state index is 5.41. The third-order valence-corrected chi connectivity index (χ3v) is 5.17. The second-order valence-corrected chi connectivity index (χ2v) is 6.60. The summed E-state index contributed by atoms with van der Waals surface area (Å²) in [6, 6.07) is 3.86. The van der Waals surface area contributed by atoms with E-state index in [-0.39, 0.29) is 0 Å². The van der Waals surface area contributed by atoms with Crippen LogP contribution in [0.4, 0.5) is 5.82 Å². The van der Waals surface area contributed by atoms with Crippen LogP contribution in [0.3, 0.4) is 0 Å². The van der Waals surface area contributed by atoms with Crippen molar-refractivity contribution in [1.29, 1.82) is 0 Å². The Hall–Kier alpha value is -2.34. The van der Waals surface area contributed by atoms with Gasteiger partial charge in [0.25, 0.3) is 0 Å². The zero-order chi connectivity index (χ0) is 18.5. The molecular weight excluding hydrogens is 326 g/mol. The minimum absolute atomic E-state index is 0.616. The molecule has 0 bridgehead atoms. The van der Waals surface area contributed by atoms with Crippen molar-refractivity contribution in [2.24, 2.45) is 0 Å². The van der Waals surface area contributed by atoms with Crippen LogP contribution in [0.25, 0.3) is 11.0 Å². The van der Waals surface area contributed by atoms with E-state index < -0.39 is 0 Å². The van der Waals surface area contributed by atoms with Crippen LogP contribution in [0, 0.1) is 13.8 Å². The summed E-state index contributed by atoms with van der Waals surface area (Å²) in [6.07, 6.45) is 4.45. The lowest BCUT2D eigenvalue weighted by Gasteiger charge is -2.18. The van der Waals surface area contributed by atoms with Gasteiger partial charge in [0.2, 0.25) is 0 Å². The monoisotopic (exact) mass is 355 g/mol. The molecule has 6 nitrogen and oxygen atoms in total. The van der Waals surface area contributed by atoms with Gasteiger partial charge in [0.1, 0.15) is 23.6 Å². The Labute approximate surface area is 155 Å². The summed E-state index contributed by atoms with van der Waals surface area (Å²) < 4.78 is 7.73. The van der Waals surface area contributed by atoms with Crippen LogP contribution in [0.2, 0.25) is 0 Å². The number of anilines is 1. The summed E-state index contributed by atoms with van der Waals surface area (Å²) in [7, 11) is 0. The maximum Gasteiger partial charge on any atom is 0.145 e. The fourth-order valence-corrected chi connectivity index (χ4v) is 3.45. The third kappa shape index (κ3) is 3.75. The Morgan fingerprint density at radius 2 is 2.00 bits per heavy atom. The molecule has 0 aliphatic carbocycles. The number of hydrogen-bond donors (Lipinski definition) is 1. The molecule has 1 N–H and O–H groups in total. The second-order valence-electron chi connectivity index (χ2n) is 6.60. The minimum atomic E-state index is 0.616. The average molecular weight is 355 g/mol. The normalized spacial score (nSPS) is 11.6. The Bertz CT molecular complexity index is 834. The summed E-state index contributed by atoms with van der Waals surface area (Å²) in [4.78, 5) is 11.5. The molecule has 0 spiro atoms. The molecule has 0 unspecified atom stereocenters. The molecular formula is C20H29N5O.